The van der Waals surface area contributed by atoms with Gasteiger partial charge in [-0.15, -0.1) is 0 Å². The van der Waals surface area contributed by atoms with Gasteiger partial charge in [-0.2, -0.15) is 0 Å². The van der Waals surface area contributed by atoms with E-state index in [1.165, 1.54) is 23.8 Å². The lowest BCUT2D eigenvalue weighted by Gasteiger charge is -2.29. The first-order chi connectivity index (χ1) is 15.4. The lowest BCUT2D eigenvalue weighted by molar-refractivity contribution is -0.119. The van der Waals surface area contributed by atoms with Crippen molar-refractivity contribution in [3.05, 3.63) is 70.5 Å². The van der Waals surface area contributed by atoms with Crippen LogP contribution in [0.2, 0.25) is 0 Å². The van der Waals surface area contributed by atoms with Crippen LogP contribution in [0, 0.1) is 12.7 Å². The maximum atomic E-state index is 14.6. The van der Waals surface area contributed by atoms with E-state index in [1.807, 2.05) is 6.92 Å². The third-order valence-corrected chi connectivity index (χ3v) is 5.67. The predicted molar refractivity (Wildman–Crippen MR) is 121 cm³/mol. The number of halogens is 1. The first-order valence-electron chi connectivity index (χ1n) is 10.8. The molecule has 0 unspecified atom stereocenters. The Labute approximate surface area is 185 Å². The van der Waals surface area contributed by atoms with Crippen LogP contribution in [0.15, 0.2) is 53.6 Å². The number of nitrogens with one attached hydrogen (secondary N) is 2. The van der Waals surface area contributed by atoms with Crippen LogP contribution in [0.3, 0.4) is 0 Å². The summed E-state index contributed by atoms with van der Waals surface area (Å²) in [4.78, 5) is 32.0. The van der Waals surface area contributed by atoms with Crippen molar-refractivity contribution in [3.8, 4) is 16.9 Å². The van der Waals surface area contributed by atoms with Gasteiger partial charge in [-0.05, 0) is 50.3 Å². The molecule has 3 aromatic rings. The minimum absolute atomic E-state index is 0.0110. The summed E-state index contributed by atoms with van der Waals surface area (Å²) in [5.41, 5.74) is 2.17. The highest BCUT2D eigenvalue weighted by Crippen LogP contribution is 2.25. The number of pyridine rings is 1. The van der Waals surface area contributed by atoms with Crippen molar-refractivity contribution in [1.29, 1.82) is 0 Å². The van der Waals surface area contributed by atoms with Crippen LogP contribution in [0.5, 0.6) is 0 Å². The maximum Gasteiger partial charge on any atom is 0.255 e. The molecule has 1 fully saturated rings. The lowest BCUT2D eigenvalue weighted by atomic mass is 9.91. The van der Waals surface area contributed by atoms with Gasteiger partial charge < -0.3 is 10.6 Å². The smallest absolute Gasteiger partial charge is 0.255 e. The fourth-order valence-corrected chi connectivity index (χ4v) is 4.09. The lowest BCUT2D eigenvalue weighted by Crippen LogP contribution is -2.39. The molecule has 2 heterocycles. The quantitative estimate of drug-likeness (QED) is 0.639. The number of carbonyl (C=O) groups is 1. The largest absolute Gasteiger partial charge is 0.354 e. The van der Waals surface area contributed by atoms with Gasteiger partial charge in [0.25, 0.3) is 5.56 Å². The molecule has 0 radical (unpaired) electrons. The van der Waals surface area contributed by atoms with Crippen LogP contribution in [0.1, 0.15) is 38.2 Å². The summed E-state index contributed by atoms with van der Waals surface area (Å²) < 4.78 is 16.2. The molecule has 8 heteroatoms. The highest BCUT2D eigenvalue weighted by molar-refractivity contribution is 5.73. The molecule has 1 saturated carbocycles. The first-order valence-corrected chi connectivity index (χ1v) is 10.8. The van der Waals surface area contributed by atoms with E-state index in [9.17, 15) is 14.0 Å². The van der Waals surface area contributed by atoms with Crippen LogP contribution < -0.4 is 16.2 Å². The summed E-state index contributed by atoms with van der Waals surface area (Å²) in [6.07, 6.45) is 6.40. The van der Waals surface area contributed by atoms with Gasteiger partial charge in [-0.25, -0.2) is 14.4 Å². The Balaban J connectivity index is 1.54. The van der Waals surface area contributed by atoms with Gasteiger partial charge in [0.1, 0.15) is 5.69 Å². The van der Waals surface area contributed by atoms with E-state index in [-0.39, 0.29) is 29.2 Å². The maximum absolute atomic E-state index is 14.6. The topological polar surface area (TPSA) is 88.9 Å². The minimum Gasteiger partial charge on any atom is -0.354 e. The van der Waals surface area contributed by atoms with Gasteiger partial charge in [0.05, 0.1) is 6.20 Å². The standard InChI is InChI=1S/C24H26FN5O2/c1-15-6-11-22(32)30(14-15)20-5-3-4-17(12-20)23-21(25)13-26-24(29-23)28-19-9-7-18(8-10-19)27-16(2)31/h3-6,11-14,18-19H,7-10H2,1-2H3,(H,27,31)(H,26,28,29)/t18-,19-. The van der Waals surface area contributed by atoms with Crippen molar-refractivity contribution in [1.82, 2.24) is 19.9 Å². The second-order valence-electron chi connectivity index (χ2n) is 8.25. The molecular weight excluding hydrogens is 409 g/mol. The number of hydrogen-bond acceptors (Lipinski definition) is 5. The number of aromatic nitrogens is 3. The zero-order valence-electron chi connectivity index (χ0n) is 18.1. The van der Waals surface area contributed by atoms with Gasteiger partial charge in [-0.3, -0.25) is 14.2 Å². The molecule has 0 bridgehead atoms. The average Bonchev–Trinajstić information content (AvgIpc) is 2.78. The van der Waals surface area contributed by atoms with Gasteiger partial charge >= 0.3 is 0 Å². The number of anilines is 1. The van der Waals surface area contributed by atoms with E-state index in [1.54, 1.807) is 36.5 Å². The molecule has 1 aromatic carbocycles. The second kappa shape index (κ2) is 9.30. The minimum atomic E-state index is -0.529. The molecule has 0 atom stereocenters. The number of benzene rings is 1. The van der Waals surface area contributed by atoms with Gasteiger partial charge in [0.15, 0.2) is 5.82 Å². The highest BCUT2D eigenvalue weighted by Gasteiger charge is 2.22. The van der Waals surface area contributed by atoms with E-state index in [0.29, 0.717) is 17.2 Å². The van der Waals surface area contributed by atoms with Crippen molar-refractivity contribution in [2.75, 3.05) is 5.32 Å². The molecule has 0 aliphatic heterocycles. The Hall–Kier alpha value is -3.55. The molecule has 2 aromatic heterocycles. The van der Waals surface area contributed by atoms with Crippen molar-refractivity contribution < 1.29 is 9.18 Å². The van der Waals surface area contributed by atoms with E-state index >= 15 is 0 Å². The third kappa shape index (κ3) is 5.01. The number of nitrogens with zero attached hydrogens (tertiary/aromatic N) is 3. The molecule has 32 heavy (non-hydrogen) atoms. The molecule has 1 aliphatic carbocycles. The Morgan fingerprint density at radius 2 is 1.88 bits per heavy atom. The molecule has 166 valence electrons. The molecule has 2 N–H and O–H groups in total. The van der Waals surface area contributed by atoms with E-state index in [2.05, 4.69) is 20.6 Å². The highest BCUT2D eigenvalue weighted by atomic mass is 19.1. The molecular formula is C24H26FN5O2. The molecule has 0 spiro atoms. The van der Waals surface area contributed by atoms with Crippen LogP contribution >= 0.6 is 0 Å². The molecule has 4 rings (SSSR count). The predicted octanol–water partition coefficient (Wildman–Crippen LogP) is 3.60. The molecule has 1 amide bonds. The summed E-state index contributed by atoms with van der Waals surface area (Å²) in [5, 5.41) is 6.26. The summed E-state index contributed by atoms with van der Waals surface area (Å²) in [5.74, 6) is -0.177. The Kier molecular flexibility index (Phi) is 6.30. The third-order valence-electron chi connectivity index (χ3n) is 5.67. The van der Waals surface area contributed by atoms with E-state index in [0.717, 1.165) is 31.2 Å². The second-order valence-corrected chi connectivity index (χ2v) is 8.25. The van der Waals surface area contributed by atoms with Crippen molar-refractivity contribution >= 4 is 11.9 Å². The fourth-order valence-electron chi connectivity index (χ4n) is 4.09. The number of rotatable bonds is 5. The summed E-state index contributed by atoms with van der Waals surface area (Å²) >= 11 is 0. The monoisotopic (exact) mass is 435 g/mol. The normalized spacial score (nSPS) is 18.2. The zero-order chi connectivity index (χ0) is 22.7. The summed E-state index contributed by atoms with van der Waals surface area (Å²) in [6, 6.07) is 10.7. The van der Waals surface area contributed by atoms with Gasteiger partial charge in [-0.1, -0.05) is 18.2 Å². The van der Waals surface area contributed by atoms with Gasteiger partial charge in [0, 0.05) is 42.5 Å². The van der Waals surface area contributed by atoms with Crippen molar-refractivity contribution in [2.24, 2.45) is 0 Å². The Bertz CT molecular complexity index is 1190. The molecule has 0 saturated heterocycles. The van der Waals surface area contributed by atoms with Crippen LogP contribution in [-0.2, 0) is 4.79 Å². The van der Waals surface area contributed by atoms with Crippen molar-refractivity contribution in [3.63, 3.8) is 0 Å². The Morgan fingerprint density at radius 1 is 1.12 bits per heavy atom. The summed E-state index contributed by atoms with van der Waals surface area (Å²) in [6.45, 7) is 3.44. The number of amides is 1. The number of carbonyl (C=O) groups excluding carboxylic acids is 1. The average molecular weight is 436 g/mol. The van der Waals surface area contributed by atoms with E-state index in [4.69, 9.17) is 0 Å². The van der Waals surface area contributed by atoms with Crippen LogP contribution in [-0.4, -0.2) is 32.5 Å². The molecule has 1 aliphatic rings. The fraction of sp³-hybridized carbons (Fsp3) is 0.333. The van der Waals surface area contributed by atoms with Gasteiger partial charge in [0.2, 0.25) is 11.9 Å². The first kappa shape index (κ1) is 21.7. The molecule has 7 nitrogen and oxygen atoms in total. The zero-order valence-corrected chi connectivity index (χ0v) is 18.1. The van der Waals surface area contributed by atoms with Crippen molar-refractivity contribution in [2.45, 2.75) is 51.6 Å². The Morgan fingerprint density at radius 3 is 2.62 bits per heavy atom. The van der Waals surface area contributed by atoms with E-state index < -0.39 is 5.82 Å². The SMILES string of the molecule is CC(=O)N[C@H]1CC[C@H](Nc2ncc(F)c(-c3cccc(-n4cc(C)ccc4=O)c3)n2)CC1. The summed E-state index contributed by atoms with van der Waals surface area (Å²) in [7, 11) is 0. The van der Waals surface area contributed by atoms with Crippen LogP contribution in [0.25, 0.3) is 16.9 Å². The number of hydrogen-bond donors (Lipinski definition) is 2. The van der Waals surface area contributed by atoms with Crippen LogP contribution in [0.4, 0.5) is 10.3 Å². The number of aryl methyl sites for hydroxylation is 1.